The van der Waals surface area contributed by atoms with Crippen LogP contribution in [-0.4, -0.2) is 34.8 Å². The molecule has 0 unspecified atom stereocenters. The summed E-state index contributed by atoms with van der Waals surface area (Å²) in [5.41, 5.74) is 4.20. The van der Waals surface area contributed by atoms with Crippen molar-refractivity contribution in [3.05, 3.63) is 76.2 Å². The van der Waals surface area contributed by atoms with E-state index >= 15 is 0 Å². The van der Waals surface area contributed by atoms with Crippen LogP contribution in [0.3, 0.4) is 0 Å². The molecule has 1 amide bonds. The smallest absolute Gasteiger partial charge is 0.251 e. The summed E-state index contributed by atoms with van der Waals surface area (Å²) in [5.74, 6) is -0.327. The summed E-state index contributed by atoms with van der Waals surface area (Å²) in [6.07, 6.45) is 2.45. The van der Waals surface area contributed by atoms with Crippen molar-refractivity contribution in [2.24, 2.45) is 7.05 Å². The molecule has 156 valence electrons. The monoisotopic (exact) mass is 426 g/mol. The van der Waals surface area contributed by atoms with Gasteiger partial charge in [0.15, 0.2) is 0 Å². The zero-order valence-electron chi connectivity index (χ0n) is 17.0. The molecule has 0 bridgehead atoms. The zero-order valence-corrected chi connectivity index (χ0v) is 17.7. The van der Waals surface area contributed by atoms with Crippen LogP contribution in [0.15, 0.2) is 48.7 Å². The lowest BCUT2D eigenvalue weighted by Gasteiger charge is -2.33. The lowest BCUT2D eigenvalue weighted by molar-refractivity contribution is 0.0924. The number of aryl methyl sites for hydroxylation is 2. The van der Waals surface area contributed by atoms with Crippen molar-refractivity contribution in [3.63, 3.8) is 0 Å². The number of hydrogen-bond donors (Lipinski definition) is 2. The number of hydrogen-bond acceptors (Lipinski definition) is 3. The van der Waals surface area contributed by atoms with Crippen LogP contribution in [0, 0.1) is 12.7 Å². The third-order valence-electron chi connectivity index (χ3n) is 5.71. The van der Waals surface area contributed by atoms with Crippen molar-refractivity contribution in [1.29, 1.82) is 0 Å². The molecule has 30 heavy (non-hydrogen) atoms. The number of piperidine rings is 1. The summed E-state index contributed by atoms with van der Waals surface area (Å²) in [7, 11) is 1.84. The highest BCUT2D eigenvalue weighted by Crippen LogP contribution is 2.31. The zero-order chi connectivity index (χ0) is 21.3. The maximum Gasteiger partial charge on any atom is 0.251 e. The molecule has 1 saturated heterocycles. The molecule has 0 saturated carbocycles. The summed E-state index contributed by atoms with van der Waals surface area (Å²) < 4.78 is 15.4. The van der Waals surface area contributed by atoms with Crippen LogP contribution in [0.1, 0.15) is 33.8 Å². The van der Waals surface area contributed by atoms with E-state index in [-0.39, 0.29) is 23.7 Å². The molecule has 2 atom stereocenters. The number of carbonyl (C=O) groups excluding carboxylic acids is 1. The first-order valence-corrected chi connectivity index (χ1v) is 10.4. The fourth-order valence-electron chi connectivity index (χ4n) is 4.18. The fourth-order valence-corrected chi connectivity index (χ4v) is 4.45. The summed E-state index contributed by atoms with van der Waals surface area (Å²) in [6.45, 7) is 3.44. The highest BCUT2D eigenvalue weighted by molar-refractivity contribution is 6.33. The summed E-state index contributed by atoms with van der Waals surface area (Å²) in [4.78, 5) is 13.0. The van der Waals surface area contributed by atoms with Crippen LogP contribution < -0.4 is 10.6 Å². The molecule has 7 heteroatoms. The molecule has 2 N–H and O–H groups in total. The van der Waals surface area contributed by atoms with Crippen LogP contribution in [-0.2, 0) is 7.05 Å². The first-order chi connectivity index (χ1) is 14.4. The Morgan fingerprint density at radius 2 is 2.13 bits per heavy atom. The van der Waals surface area contributed by atoms with Gasteiger partial charge in [0, 0.05) is 36.7 Å². The molecule has 1 aliphatic rings. The molecule has 4 rings (SSSR count). The molecule has 1 aliphatic heterocycles. The second-order valence-corrected chi connectivity index (χ2v) is 8.14. The third-order valence-corrected chi connectivity index (χ3v) is 5.99. The number of rotatable bonds is 4. The van der Waals surface area contributed by atoms with Crippen LogP contribution in [0.25, 0.3) is 11.3 Å². The minimum atomic E-state index is -0.254. The largest absolute Gasteiger partial charge is 0.347 e. The van der Waals surface area contributed by atoms with E-state index < -0.39 is 0 Å². The normalized spacial score (nSPS) is 18.9. The molecule has 1 aromatic heterocycles. The van der Waals surface area contributed by atoms with Crippen molar-refractivity contribution in [3.8, 4) is 11.3 Å². The predicted molar refractivity (Wildman–Crippen MR) is 116 cm³/mol. The second-order valence-electron chi connectivity index (χ2n) is 7.73. The van der Waals surface area contributed by atoms with Gasteiger partial charge in [-0.25, -0.2) is 4.39 Å². The van der Waals surface area contributed by atoms with Crippen LogP contribution in [0.2, 0.25) is 5.02 Å². The molecule has 0 aliphatic carbocycles. The van der Waals surface area contributed by atoms with Gasteiger partial charge in [0.05, 0.1) is 16.9 Å². The van der Waals surface area contributed by atoms with Crippen LogP contribution in [0.5, 0.6) is 0 Å². The van der Waals surface area contributed by atoms with E-state index in [1.54, 1.807) is 29.1 Å². The average molecular weight is 427 g/mol. The summed E-state index contributed by atoms with van der Waals surface area (Å²) >= 11 is 6.27. The van der Waals surface area contributed by atoms with Crippen molar-refractivity contribution in [2.45, 2.75) is 25.3 Å². The van der Waals surface area contributed by atoms with E-state index in [0.717, 1.165) is 35.3 Å². The summed E-state index contributed by atoms with van der Waals surface area (Å²) in [6, 6.07) is 12.1. The first-order valence-electron chi connectivity index (χ1n) is 9.99. The Morgan fingerprint density at radius 1 is 1.30 bits per heavy atom. The van der Waals surface area contributed by atoms with Gasteiger partial charge in [0.2, 0.25) is 0 Å². The molecule has 0 spiro atoms. The fraction of sp³-hybridized carbons (Fsp3) is 0.304. The van der Waals surface area contributed by atoms with Crippen molar-refractivity contribution >= 4 is 17.5 Å². The Labute approximate surface area is 180 Å². The molecule has 3 aromatic rings. The molecular weight excluding hydrogens is 403 g/mol. The van der Waals surface area contributed by atoms with Crippen molar-refractivity contribution in [1.82, 2.24) is 20.4 Å². The SMILES string of the molecule is Cc1cc(C(=O)N[C@@H]2CNCC[C@H]2c2cccc(F)c2)ccc1-c1c(Cl)cnn1C. The third kappa shape index (κ3) is 4.11. The number of aromatic nitrogens is 2. The van der Waals surface area contributed by atoms with Gasteiger partial charge in [-0.15, -0.1) is 0 Å². The molecule has 2 aromatic carbocycles. The van der Waals surface area contributed by atoms with Gasteiger partial charge in [-0.05, 0) is 55.3 Å². The average Bonchev–Trinajstić information content (AvgIpc) is 3.06. The number of carbonyl (C=O) groups is 1. The number of nitrogens with one attached hydrogen (secondary N) is 2. The number of amides is 1. The topological polar surface area (TPSA) is 59.0 Å². The van der Waals surface area contributed by atoms with E-state index in [1.165, 1.54) is 6.07 Å². The van der Waals surface area contributed by atoms with Gasteiger partial charge >= 0.3 is 0 Å². The van der Waals surface area contributed by atoms with Gasteiger partial charge < -0.3 is 10.6 Å². The van der Waals surface area contributed by atoms with E-state index in [9.17, 15) is 9.18 Å². The minimum absolute atomic E-state index is 0.0690. The van der Waals surface area contributed by atoms with E-state index in [2.05, 4.69) is 15.7 Å². The van der Waals surface area contributed by atoms with Gasteiger partial charge in [-0.1, -0.05) is 29.8 Å². The van der Waals surface area contributed by atoms with Crippen LogP contribution >= 0.6 is 11.6 Å². The molecule has 1 fully saturated rings. The van der Waals surface area contributed by atoms with Gasteiger partial charge in [-0.3, -0.25) is 9.48 Å². The molecule has 5 nitrogen and oxygen atoms in total. The number of benzene rings is 2. The maximum atomic E-state index is 13.7. The van der Waals surface area contributed by atoms with Gasteiger partial charge in [0.25, 0.3) is 5.91 Å². The molecular formula is C23H24ClFN4O. The standard InChI is InChI=1S/C23H24ClFN4O/c1-14-10-16(6-7-18(14)22-20(24)12-27-29(22)2)23(30)28-21-13-26-9-8-19(21)15-4-3-5-17(25)11-15/h3-7,10-12,19,21,26H,8-9,13H2,1-2H3,(H,28,30)/t19-,21+/m0/s1. The number of nitrogens with zero attached hydrogens (tertiary/aromatic N) is 2. The Balaban J connectivity index is 1.55. The Bertz CT molecular complexity index is 1060. The highest BCUT2D eigenvalue weighted by Gasteiger charge is 2.28. The Morgan fingerprint density at radius 3 is 2.83 bits per heavy atom. The van der Waals surface area contributed by atoms with Gasteiger partial charge in [-0.2, -0.15) is 5.10 Å². The minimum Gasteiger partial charge on any atom is -0.347 e. The van der Waals surface area contributed by atoms with E-state index in [4.69, 9.17) is 11.6 Å². The van der Waals surface area contributed by atoms with Crippen molar-refractivity contribution in [2.75, 3.05) is 13.1 Å². The highest BCUT2D eigenvalue weighted by atomic mass is 35.5. The quantitative estimate of drug-likeness (QED) is 0.661. The lowest BCUT2D eigenvalue weighted by atomic mass is 9.86. The van der Waals surface area contributed by atoms with Gasteiger partial charge in [0.1, 0.15) is 5.82 Å². The number of halogens is 2. The van der Waals surface area contributed by atoms with E-state index in [0.29, 0.717) is 17.1 Å². The summed E-state index contributed by atoms with van der Waals surface area (Å²) in [5, 5.41) is 11.2. The predicted octanol–water partition coefficient (Wildman–Crippen LogP) is 4.06. The Hall–Kier alpha value is -2.70. The molecule has 0 radical (unpaired) electrons. The molecule has 2 heterocycles. The maximum absolute atomic E-state index is 13.7. The van der Waals surface area contributed by atoms with Crippen molar-refractivity contribution < 1.29 is 9.18 Å². The first kappa shape index (κ1) is 20.6. The second kappa shape index (κ2) is 8.58. The van der Waals surface area contributed by atoms with E-state index in [1.807, 2.05) is 32.2 Å². The van der Waals surface area contributed by atoms with Crippen LogP contribution in [0.4, 0.5) is 4.39 Å². The Kier molecular flexibility index (Phi) is 5.88. The lowest BCUT2D eigenvalue weighted by Crippen LogP contribution is -2.50.